The Morgan fingerprint density at radius 2 is 1.78 bits per heavy atom. The number of hydrogen-bond donors (Lipinski definition) is 8. The molecule has 0 radical (unpaired) electrons. The molecule has 1 aromatic heterocycles. The maximum Gasteiger partial charge on any atom is 0.313 e. The van der Waals surface area contributed by atoms with Gasteiger partial charge >= 0.3 is 5.97 Å². The number of H-pyrrole nitrogens is 1. The third-order valence-electron chi connectivity index (χ3n) is 20.4. The monoisotopic (exact) mass is 923 g/mol. The van der Waals surface area contributed by atoms with Crippen LogP contribution in [0.15, 0.2) is 53.5 Å². The molecule has 1 aliphatic heterocycles. The number of aliphatic hydroxyl groups is 6. The molecule has 4 bridgehead atoms. The van der Waals surface area contributed by atoms with Crippen molar-refractivity contribution in [3.8, 4) is 11.8 Å². The lowest BCUT2D eigenvalue weighted by Crippen LogP contribution is -2.65. The number of esters is 1. The van der Waals surface area contributed by atoms with Gasteiger partial charge in [0.25, 0.3) is 0 Å². The molecule has 67 heavy (non-hydrogen) atoms. The van der Waals surface area contributed by atoms with Crippen LogP contribution in [0.25, 0.3) is 0 Å². The smallest absolute Gasteiger partial charge is 0.313 e. The molecule has 364 valence electrons. The number of allylic oxidation sites excluding steroid dienone is 5. The summed E-state index contributed by atoms with van der Waals surface area (Å²) < 4.78 is 5.95. The zero-order valence-electron chi connectivity index (χ0n) is 40.2. The van der Waals surface area contributed by atoms with E-state index in [1.165, 1.54) is 12.5 Å². The Kier molecular flexibility index (Phi) is 11.8. The molecule has 5 fully saturated rings. The number of ether oxygens (including phenoxy) is 1. The normalized spacial score (nSPS) is 49.4. The van der Waals surface area contributed by atoms with Gasteiger partial charge in [0.2, 0.25) is 0 Å². The lowest BCUT2D eigenvalue weighted by molar-refractivity contribution is -0.183. The van der Waals surface area contributed by atoms with E-state index in [-0.39, 0.29) is 96.9 Å². The summed E-state index contributed by atoms with van der Waals surface area (Å²) in [6, 6.07) is 0.825. The van der Waals surface area contributed by atoms with Crippen LogP contribution < -0.4 is 5.32 Å². The lowest BCUT2D eigenvalue weighted by Gasteiger charge is -2.61. The average Bonchev–Trinajstić information content (AvgIpc) is 3.99. The predicted molar refractivity (Wildman–Crippen MR) is 249 cm³/mol. The second kappa shape index (κ2) is 16.8. The fourth-order valence-corrected chi connectivity index (χ4v) is 17.1. The van der Waals surface area contributed by atoms with Gasteiger partial charge in [0.15, 0.2) is 11.6 Å². The predicted octanol–water partition coefficient (Wildman–Crippen LogP) is 5.14. The van der Waals surface area contributed by atoms with Crippen LogP contribution in [0, 0.1) is 99.6 Å². The molecular weight excluding hydrogens is 849 g/mol. The summed E-state index contributed by atoms with van der Waals surface area (Å²) >= 11 is 0. The summed E-state index contributed by atoms with van der Waals surface area (Å²) in [5, 5.41) is 75.6. The van der Waals surface area contributed by atoms with Crippen molar-refractivity contribution in [3.63, 3.8) is 0 Å². The minimum atomic E-state index is -1.75. The largest absolute Gasteiger partial charge is 0.465 e. The number of fused-ring (bicyclic) bond motifs is 8. The summed E-state index contributed by atoms with van der Waals surface area (Å²) in [6.07, 6.45) is 12.6. The fraction of sp³-hybridized carbons (Fsp3) is 0.727. The van der Waals surface area contributed by atoms with Gasteiger partial charge in [-0.25, -0.2) is 0 Å². The number of aromatic amines is 1. The third kappa shape index (κ3) is 7.08. The van der Waals surface area contributed by atoms with Gasteiger partial charge in [0.1, 0.15) is 6.04 Å². The first kappa shape index (κ1) is 47.1. The highest BCUT2D eigenvalue weighted by Gasteiger charge is 2.73. The summed E-state index contributed by atoms with van der Waals surface area (Å²) in [5.41, 5.74) is -2.53. The van der Waals surface area contributed by atoms with Crippen LogP contribution in [0.1, 0.15) is 117 Å². The molecule has 8 aliphatic carbocycles. The number of cyclic esters (lactones) is 1. The quantitative estimate of drug-likeness (QED) is 0.106. The number of carbonyl (C=O) groups excluding carboxylic acids is 3. The molecule has 2 heterocycles. The molecule has 22 atom stereocenters. The number of ketones is 2. The van der Waals surface area contributed by atoms with Crippen molar-refractivity contribution in [1.29, 1.82) is 0 Å². The van der Waals surface area contributed by atoms with Crippen LogP contribution in [0.3, 0.4) is 0 Å². The molecule has 12 heteroatoms. The van der Waals surface area contributed by atoms with Crippen LogP contribution >= 0.6 is 0 Å². The first-order valence-electron chi connectivity index (χ1n) is 25.6. The Hall–Kier alpha value is -3.57. The number of hydrogen-bond acceptors (Lipinski definition) is 11. The fourth-order valence-electron chi connectivity index (χ4n) is 17.1. The van der Waals surface area contributed by atoms with Gasteiger partial charge < -0.3 is 45.7 Å². The Labute approximate surface area is 395 Å². The van der Waals surface area contributed by atoms with Gasteiger partial charge in [-0.05, 0) is 148 Å². The maximum atomic E-state index is 15.0. The first-order valence-corrected chi connectivity index (χ1v) is 25.6. The summed E-state index contributed by atoms with van der Waals surface area (Å²) in [6.45, 7) is 11.2. The number of rotatable bonds is 6. The minimum Gasteiger partial charge on any atom is -0.465 e. The van der Waals surface area contributed by atoms with E-state index < -0.39 is 82.6 Å². The van der Waals surface area contributed by atoms with Crippen molar-refractivity contribution in [1.82, 2.24) is 10.3 Å². The first-order chi connectivity index (χ1) is 31.7. The van der Waals surface area contributed by atoms with Crippen molar-refractivity contribution in [2.75, 3.05) is 13.2 Å². The number of aromatic nitrogens is 1. The van der Waals surface area contributed by atoms with E-state index in [1.54, 1.807) is 6.92 Å². The summed E-state index contributed by atoms with van der Waals surface area (Å²) in [5.74, 6) is 4.50. The SMILES string of the molecule is CC(=O)C(CO)NC1=C2C(CCC3(C)C4C(CC#CC(C5COC(=O)C5c5cc[nH]c5)C5C=CC6C=C7CCC(C)CC7C5C6C(C)CC(O)C4(C)O)CC23O)C2(C)CC(O)C(O)CC2C1=O. The lowest BCUT2D eigenvalue weighted by atomic mass is 9.45. The molecule has 1 aromatic rings. The summed E-state index contributed by atoms with van der Waals surface area (Å²) in [4.78, 5) is 44.9. The number of carbonyl (C=O) groups is 3. The van der Waals surface area contributed by atoms with E-state index in [9.17, 15) is 40.2 Å². The standard InChI is InChI=1S/C55H74N2O10/c1-27-10-11-30-20-31-12-13-35-34(37-26-67-51(64)45(37)33-15-17-56-24-33)9-7-8-32-22-55(66)47-38(52(4)23-42(61)41(60)21-39(52)49(63)48(47)57-40(25-58)29(3)59)14-16-53(55,5)50(32)54(6,65)43(62)19-28(2)44(31)46(35)36(30)18-27/h12-13,15,17,20,24,27-28,31-32,34-46,50,56-58,60-62,65-66H,8,10-11,14,16,18-19,21-23,25-26H2,1-6H3. The molecule has 0 spiro atoms. The van der Waals surface area contributed by atoms with Crippen molar-refractivity contribution in [2.45, 2.75) is 147 Å². The number of aliphatic hydroxyl groups excluding tert-OH is 4. The number of nitrogens with one attached hydrogen (secondary N) is 2. The van der Waals surface area contributed by atoms with Gasteiger partial charge in [-0.2, -0.15) is 0 Å². The third-order valence-corrected chi connectivity index (χ3v) is 20.4. The van der Waals surface area contributed by atoms with E-state index in [0.717, 1.165) is 24.8 Å². The molecule has 9 aliphatic rings. The minimum absolute atomic E-state index is 0.00944. The van der Waals surface area contributed by atoms with Crippen molar-refractivity contribution in [3.05, 3.63) is 59.1 Å². The van der Waals surface area contributed by atoms with Gasteiger partial charge in [-0.15, -0.1) is 5.92 Å². The summed E-state index contributed by atoms with van der Waals surface area (Å²) in [7, 11) is 0. The molecule has 22 unspecified atom stereocenters. The molecule has 0 aromatic carbocycles. The van der Waals surface area contributed by atoms with E-state index in [1.807, 2.05) is 32.3 Å². The van der Waals surface area contributed by atoms with Crippen molar-refractivity contribution in [2.24, 2.45) is 87.8 Å². The van der Waals surface area contributed by atoms with Crippen molar-refractivity contribution >= 4 is 17.5 Å². The highest BCUT2D eigenvalue weighted by Crippen LogP contribution is 2.71. The molecule has 10 rings (SSSR count). The zero-order valence-corrected chi connectivity index (χ0v) is 40.2. The second-order valence-electron chi connectivity index (χ2n) is 23.9. The van der Waals surface area contributed by atoms with E-state index in [4.69, 9.17) is 4.74 Å². The zero-order chi connectivity index (χ0) is 47.7. The molecule has 0 amide bonds. The molecule has 8 N–H and O–H groups in total. The second-order valence-corrected chi connectivity index (χ2v) is 23.9. The highest BCUT2D eigenvalue weighted by atomic mass is 16.5. The maximum absolute atomic E-state index is 15.0. The van der Waals surface area contributed by atoms with Crippen molar-refractivity contribution < 1.29 is 49.8 Å². The molecule has 12 nitrogen and oxygen atoms in total. The van der Waals surface area contributed by atoms with Gasteiger partial charge in [0.05, 0.1) is 54.3 Å². The number of Topliss-reactive ketones (excluding diaryl/α,β-unsaturated/α-hetero) is 2. The van der Waals surface area contributed by atoms with Gasteiger partial charge in [0, 0.05) is 47.9 Å². The van der Waals surface area contributed by atoms with Gasteiger partial charge in [-0.3, -0.25) is 14.4 Å². The van der Waals surface area contributed by atoms with Crippen LogP contribution in [0.4, 0.5) is 0 Å². The molecule has 1 saturated heterocycles. The van der Waals surface area contributed by atoms with E-state index in [0.29, 0.717) is 36.7 Å². The van der Waals surface area contributed by atoms with E-state index >= 15 is 4.79 Å². The van der Waals surface area contributed by atoms with Crippen LogP contribution in [0.5, 0.6) is 0 Å². The molecular formula is C55H74N2O10. The Balaban J connectivity index is 1.13. The Morgan fingerprint density at radius 3 is 2.49 bits per heavy atom. The van der Waals surface area contributed by atoms with Gasteiger partial charge in [-0.1, -0.05) is 57.4 Å². The van der Waals surface area contributed by atoms with E-state index in [2.05, 4.69) is 54.2 Å². The topological polar surface area (TPSA) is 210 Å². The average molecular weight is 923 g/mol. The molecule has 4 saturated carbocycles. The highest BCUT2D eigenvalue weighted by molar-refractivity contribution is 6.00. The van der Waals surface area contributed by atoms with Crippen LogP contribution in [-0.2, 0) is 19.1 Å². The van der Waals surface area contributed by atoms with Crippen LogP contribution in [-0.4, -0.2) is 102 Å². The Morgan fingerprint density at radius 1 is 1.00 bits per heavy atom. The van der Waals surface area contributed by atoms with Crippen LogP contribution in [0.2, 0.25) is 0 Å². The Bertz CT molecular complexity index is 2310.